The van der Waals surface area contributed by atoms with Crippen LogP contribution in [0, 0.1) is 0 Å². The van der Waals surface area contributed by atoms with Crippen molar-refractivity contribution in [1.82, 2.24) is 0 Å². The van der Waals surface area contributed by atoms with E-state index in [2.05, 4.69) is 12.1 Å². The number of rotatable bonds is 11. The second kappa shape index (κ2) is 12.2. The average Bonchev–Trinajstić information content (AvgIpc) is 2.82. The van der Waals surface area contributed by atoms with Crippen molar-refractivity contribution < 1.29 is 14.3 Å². The van der Waals surface area contributed by atoms with Gasteiger partial charge in [-0.3, -0.25) is 4.79 Å². The van der Waals surface area contributed by atoms with Gasteiger partial charge in [0.15, 0.2) is 5.78 Å². The van der Waals surface area contributed by atoms with Crippen molar-refractivity contribution in [2.45, 2.75) is 32.1 Å². The molecule has 0 aromatic heterocycles. The molecular formula is C28H30N2O3. The van der Waals surface area contributed by atoms with Crippen LogP contribution in [-0.4, -0.2) is 18.4 Å². The molecule has 3 aromatic rings. The molecule has 0 aliphatic carbocycles. The minimum absolute atomic E-state index is 0.00221. The maximum Gasteiger partial charge on any atom is 0.338 e. The molecule has 5 heteroatoms. The number of carbonyl (C=O) groups excluding carboxylic acids is 2. The van der Waals surface area contributed by atoms with E-state index in [-0.39, 0.29) is 5.78 Å². The molecule has 0 aliphatic heterocycles. The van der Waals surface area contributed by atoms with Gasteiger partial charge in [0.25, 0.3) is 0 Å². The van der Waals surface area contributed by atoms with E-state index in [0.717, 1.165) is 37.7 Å². The molecule has 5 nitrogen and oxygen atoms in total. The number of unbranched alkanes of at least 4 members (excludes halogenated alkanes) is 3. The van der Waals surface area contributed by atoms with E-state index in [4.69, 9.17) is 16.2 Å². The first-order valence-electron chi connectivity index (χ1n) is 11.2. The topological polar surface area (TPSA) is 95.4 Å². The minimum Gasteiger partial charge on any atom is -0.462 e. The van der Waals surface area contributed by atoms with Gasteiger partial charge in [0.1, 0.15) is 0 Å². The molecule has 0 saturated carbocycles. The lowest BCUT2D eigenvalue weighted by atomic mass is 10.0. The highest BCUT2D eigenvalue weighted by Crippen LogP contribution is 2.15. The molecule has 0 aliphatic rings. The van der Waals surface area contributed by atoms with E-state index < -0.39 is 5.97 Å². The largest absolute Gasteiger partial charge is 0.462 e. The van der Waals surface area contributed by atoms with E-state index >= 15 is 0 Å². The van der Waals surface area contributed by atoms with E-state index in [1.807, 2.05) is 48.5 Å². The summed E-state index contributed by atoms with van der Waals surface area (Å²) in [5.74, 6) is -0.393. The van der Waals surface area contributed by atoms with Gasteiger partial charge in [0.2, 0.25) is 0 Å². The number of carbonyl (C=O) groups is 2. The molecule has 3 aromatic carbocycles. The van der Waals surface area contributed by atoms with Crippen LogP contribution in [0.5, 0.6) is 0 Å². The quantitative estimate of drug-likeness (QED) is 0.130. The van der Waals surface area contributed by atoms with Crippen LogP contribution in [0.25, 0.3) is 6.08 Å². The zero-order chi connectivity index (χ0) is 23.5. The Labute approximate surface area is 195 Å². The number of benzene rings is 3. The van der Waals surface area contributed by atoms with Crippen molar-refractivity contribution in [3.63, 3.8) is 0 Å². The summed E-state index contributed by atoms with van der Waals surface area (Å²) in [6.45, 7) is 0.385. The summed E-state index contributed by atoms with van der Waals surface area (Å²) in [7, 11) is 0. The number of hydrogen-bond acceptors (Lipinski definition) is 5. The Balaban J connectivity index is 1.31. The molecule has 33 heavy (non-hydrogen) atoms. The molecule has 0 radical (unpaired) electrons. The Morgan fingerprint density at radius 2 is 1.42 bits per heavy atom. The summed E-state index contributed by atoms with van der Waals surface area (Å²) in [5.41, 5.74) is 15.7. The van der Waals surface area contributed by atoms with E-state index in [1.165, 1.54) is 5.56 Å². The van der Waals surface area contributed by atoms with E-state index in [0.29, 0.717) is 29.1 Å². The van der Waals surface area contributed by atoms with Crippen LogP contribution >= 0.6 is 0 Å². The van der Waals surface area contributed by atoms with Crippen LogP contribution in [0.15, 0.2) is 78.9 Å². The lowest BCUT2D eigenvalue weighted by molar-refractivity contribution is 0.0497. The van der Waals surface area contributed by atoms with E-state index in [1.54, 1.807) is 24.3 Å². The predicted molar refractivity (Wildman–Crippen MR) is 134 cm³/mol. The first-order chi connectivity index (χ1) is 16.0. The number of nitrogen functional groups attached to an aromatic ring is 2. The molecule has 0 unspecified atom stereocenters. The molecule has 3 rings (SSSR count). The van der Waals surface area contributed by atoms with Gasteiger partial charge in [-0.2, -0.15) is 0 Å². The fourth-order valence-electron chi connectivity index (χ4n) is 3.49. The third-order valence-electron chi connectivity index (χ3n) is 5.27. The standard InChI is InChI=1S/C28H30N2O3/c29-25-18-24(19-26(30)20-25)28(32)33-17-7-2-1-4-8-21-11-13-22(14-12-21)15-16-27(31)23-9-5-3-6-10-23/h3,5-6,9-16,18-20H,1-2,4,7-8,17,29-30H2. The van der Waals surface area contributed by atoms with Gasteiger partial charge in [-0.05, 0) is 54.7 Å². The fourth-order valence-corrected chi connectivity index (χ4v) is 3.49. The first kappa shape index (κ1) is 23.8. The second-order valence-electron chi connectivity index (χ2n) is 7.99. The average molecular weight is 443 g/mol. The van der Waals surface area contributed by atoms with Crippen LogP contribution in [0.1, 0.15) is 57.5 Å². The highest BCUT2D eigenvalue weighted by molar-refractivity contribution is 6.06. The van der Waals surface area contributed by atoms with Crippen molar-refractivity contribution in [3.05, 3.63) is 101 Å². The van der Waals surface area contributed by atoms with Crippen LogP contribution in [0.2, 0.25) is 0 Å². The molecular weight excluding hydrogens is 412 g/mol. The molecule has 0 saturated heterocycles. The van der Waals surface area contributed by atoms with Gasteiger partial charge in [-0.25, -0.2) is 4.79 Å². The Morgan fingerprint density at radius 3 is 2.12 bits per heavy atom. The molecule has 170 valence electrons. The SMILES string of the molecule is Nc1cc(N)cc(C(=O)OCCCCCCc2ccc(C=CC(=O)c3ccccc3)cc2)c1. The summed E-state index contributed by atoms with van der Waals surface area (Å²) in [6.07, 6.45) is 8.40. The van der Waals surface area contributed by atoms with Crippen molar-refractivity contribution in [2.24, 2.45) is 0 Å². The number of ketones is 1. The maximum atomic E-state index is 12.1. The highest BCUT2D eigenvalue weighted by atomic mass is 16.5. The number of nitrogens with two attached hydrogens (primary N) is 2. The Kier molecular flexibility index (Phi) is 8.83. The Hall–Kier alpha value is -3.86. The zero-order valence-corrected chi connectivity index (χ0v) is 18.7. The summed E-state index contributed by atoms with van der Waals surface area (Å²) in [4.78, 5) is 24.2. The number of allylic oxidation sites excluding steroid dienone is 1. The molecule has 0 spiro atoms. The van der Waals surface area contributed by atoms with Gasteiger partial charge >= 0.3 is 5.97 Å². The summed E-state index contributed by atoms with van der Waals surface area (Å²) >= 11 is 0. The normalized spacial score (nSPS) is 10.9. The maximum absolute atomic E-state index is 12.1. The highest BCUT2D eigenvalue weighted by Gasteiger charge is 2.08. The summed E-state index contributed by atoms with van der Waals surface area (Å²) < 4.78 is 5.30. The van der Waals surface area contributed by atoms with E-state index in [9.17, 15) is 9.59 Å². The Bertz CT molecular complexity index is 1070. The molecule has 4 N–H and O–H groups in total. The van der Waals surface area contributed by atoms with Gasteiger partial charge in [0, 0.05) is 16.9 Å². The number of esters is 1. The van der Waals surface area contributed by atoms with Gasteiger partial charge in [-0.15, -0.1) is 0 Å². The van der Waals surface area contributed by atoms with Gasteiger partial charge in [0.05, 0.1) is 12.2 Å². The van der Waals surface area contributed by atoms with Crippen LogP contribution < -0.4 is 11.5 Å². The number of ether oxygens (including phenoxy) is 1. The summed E-state index contributed by atoms with van der Waals surface area (Å²) in [5, 5.41) is 0. The summed E-state index contributed by atoms with van der Waals surface area (Å²) in [6, 6.07) is 22.3. The van der Waals surface area contributed by atoms with Gasteiger partial charge in [-0.1, -0.05) is 73.5 Å². The molecule has 0 fully saturated rings. The Morgan fingerprint density at radius 1 is 0.758 bits per heavy atom. The van der Waals surface area contributed by atoms with Crippen molar-refractivity contribution in [2.75, 3.05) is 18.1 Å². The molecule has 0 bridgehead atoms. The number of aryl methyl sites for hydroxylation is 1. The molecule has 0 amide bonds. The minimum atomic E-state index is -0.395. The first-order valence-corrected chi connectivity index (χ1v) is 11.2. The van der Waals surface area contributed by atoms with Crippen molar-refractivity contribution in [3.8, 4) is 0 Å². The van der Waals surface area contributed by atoms with Gasteiger partial charge < -0.3 is 16.2 Å². The fraction of sp³-hybridized carbons (Fsp3) is 0.214. The lowest BCUT2D eigenvalue weighted by Crippen LogP contribution is -2.07. The predicted octanol–water partition coefficient (Wildman–Crippen LogP) is 5.71. The van der Waals surface area contributed by atoms with Crippen LogP contribution in [-0.2, 0) is 11.2 Å². The second-order valence-corrected chi connectivity index (χ2v) is 7.99. The van der Waals surface area contributed by atoms with Crippen LogP contribution in [0.3, 0.4) is 0 Å². The van der Waals surface area contributed by atoms with Crippen molar-refractivity contribution in [1.29, 1.82) is 0 Å². The molecule has 0 heterocycles. The third-order valence-corrected chi connectivity index (χ3v) is 5.27. The lowest BCUT2D eigenvalue weighted by Gasteiger charge is -2.07. The third kappa shape index (κ3) is 7.96. The smallest absolute Gasteiger partial charge is 0.338 e. The number of hydrogen-bond donors (Lipinski definition) is 2. The monoisotopic (exact) mass is 442 g/mol. The zero-order valence-electron chi connectivity index (χ0n) is 18.7. The number of anilines is 2. The van der Waals surface area contributed by atoms with Crippen molar-refractivity contribution >= 4 is 29.2 Å². The molecule has 0 atom stereocenters. The van der Waals surface area contributed by atoms with Crippen LogP contribution in [0.4, 0.5) is 11.4 Å².